The van der Waals surface area contributed by atoms with E-state index in [0.29, 0.717) is 12.8 Å². The van der Waals surface area contributed by atoms with Crippen LogP contribution in [0.4, 0.5) is 0 Å². The Bertz CT molecular complexity index is 801. The molecule has 4 aliphatic rings. The summed E-state index contributed by atoms with van der Waals surface area (Å²) in [4.78, 5) is 11.9. The molecule has 2 saturated heterocycles. The second-order valence-electron chi connectivity index (χ2n) is 11.7. The van der Waals surface area contributed by atoms with Crippen molar-refractivity contribution in [1.82, 2.24) is 0 Å². The summed E-state index contributed by atoms with van der Waals surface area (Å²) >= 11 is 0. The number of hydrogen-bond donors (Lipinski definition) is 6. The summed E-state index contributed by atoms with van der Waals surface area (Å²) in [5.74, 6) is -1.31. The van der Waals surface area contributed by atoms with Gasteiger partial charge in [-0.25, -0.2) is 0 Å². The molecule has 6 N–H and O–H groups in total. The van der Waals surface area contributed by atoms with E-state index < -0.39 is 92.3 Å². The third kappa shape index (κ3) is 8.82. The van der Waals surface area contributed by atoms with Crippen molar-refractivity contribution in [1.29, 1.82) is 0 Å². The molecule has 41 heavy (non-hydrogen) atoms. The molecule has 232 valence electrons. The second-order valence-corrected chi connectivity index (χ2v) is 11.7. The fourth-order valence-corrected chi connectivity index (χ4v) is 6.29. The van der Waals surface area contributed by atoms with Crippen LogP contribution in [0, 0.1) is 5.92 Å². The summed E-state index contributed by atoms with van der Waals surface area (Å²) < 4.78 is 29.1. The van der Waals surface area contributed by atoms with E-state index in [9.17, 15) is 40.5 Å². The first kappa shape index (κ1) is 35.5. The molecule has 4 fully saturated rings. The third-order valence-electron chi connectivity index (χ3n) is 8.75. The number of carbonyl (C=O) groups is 1. The Hall–Kier alpha value is 0.0300. The van der Waals surface area contributed by atoms with Gasteiger partial charge in [0.1, 0.15) is 42.7 Å². The first-order chi connectivity index (χ1) is 19.1. The number of rotatable bonds is 10. The molecular formula is C27H45NaO13. The Balaban J connectivity index is 0.00000462. The summed E-state index contributed by atoms with van der Waals surface area (Å²) in [6, 6.07) is 0. The van der Waals surface area contributed by atoms with Crippen molar-refractivity contribution in [2.24, 2.45) is 5.92 Å². The molecule has 0 aromatic carbocycles. The van der Waals surface area contributed by atoms with Crippen molar-refractivity contribution < 1.29 is 93.8 Å². The van der Waals surface area contributed by atoms with Gasteiger partial charge in [0.25, 0.3) is 0 Å². The zero-order chi connectivity index (χ0) is 29.0. The number of carbonyl (C=O) groups excluding carboxylic acids is 1. The van der Waals surface area contributed by atoms with Crippen LogP contribution in [0.15, 0.2) is 0 Å². The SMILES string of the molecule is CC1OC(OC2CCCCC2OC2OC(CO)C(O)C(O[C@@H](CC3CCCCC3)C(=O)[O-])C2O)C(O)C(O)C1O.[Na+]. The van der Waals surface area contributed by atoms with Crippen LogP contribution < -0.4 is 34.7 Å². The van der Waals surface area contributed by atoms with Crippen molar-refractivity contribution in [2.75, 3.05) is 6.61 Å². The van der Waals surface area contributed by atoms with Crippen LogP contribution in [0.1, 0.15) is 71.1 Å². The summed E-state index contributed by atoms with van der Waals surface area (Å²) in [6.45, 7) is 0.920. The van der Waals surface area contributed by atoms with Crippen molar-refractivity contribution >= 4 is 5.97 Å². The Morgan fingerprint density at radius 1 is 0.805 bits per heavy atom. The number of carboxylic acid groups (broad SMARTS) is 1. The van der Waals surface area contributed by atoms with Crippen molar-refractivity contribution in [2.45, 2.75) is 151 Å². The van der Waals surface area contributed by atoms with E-state index in [1.54, 1.807) is 6.92 Å². The van der Waals surface area contributed by atoms with Crippen LogP contribution in [0.5, 0.6) is 0 Å². The first-order valence-electron chi connectivity index (χ1n) is 14.6. The van der Waals surface area contributed by atoms with Gasteiger partial charge in [0.05, 0.1) is 37.0 Å². The maximum atomic E-state index is 11.9. The topological polar surface area (TPSA) is 208 Å². The van der Waals surface area contributed by atoms with E-state index in [0.717, 1.165) is 44.9 Å². The molecule has 13 nitrogen and oxygen atoms in total. The largest absolute Gasteiger partial charge is 1.00 e. The average molecular weight is 601 g/mol. The number of aliphatic hydroxyl groups is 6. The minimum Gasteiger partial charge on any atom is -0.547 e. The van der Waals surface area contributed by atoms with Crippen LogP contribution in [0.3, 0.4) is 0 Å². The normalized spacial score (nSPS) is 43.2. The van der Waals surface area contributed by atoms with Crippen molar-refractivity contribution in [3.63, 3.8) is 0 Å². The molecule has 12 unspecified atom stereocenters. The van der Waals surface area contributed by atoms with Crippen LogP contribution in [0.2, 0.25) is 0 Å². The Morgan fingerprint density at radius 3 is 1.93 bits per heavy atom. The van der Waals surface area contributed by atoms with E-state index in [2.05, 4.69) is 0 Å². The maximum Gasteiger partial charge on any atom is 1.00 e. The number of ether oxygens (including phenoxy) is 5. The quantitative estimate of drug-likeness (QED) is 0.130. The zero-order valence-corrected chi connectivity index (χ0v) is 25.9. The summed E-state index contributed by atoms with van der Waals surface area (Å²) in [5.41, 5.74) is 0. The van der Waals surface area contributed by atoms with Crippen molar-refractivity contribution in [3.8, 4) is 0 Å². The van der Waals surface area contributed by atoms with Gasteiger partial charge >= 0.3 is 29.6 Å². The van der Waals surface area contributed by atoms with Crippen LogP contribution in [-0.2, 0) is 28.5 Å². The third-order valence-corrected chi connectivity index (χ3v) is 8.75. The molecule has 2 aliphatic heterocycles. The molecule has 2 aliphatic carbocycles. The van der Waals surface area contributed by atoms with Crippen LogP contribution >= 0.6 is 0 Å². The van der Waals surface area contributed by atoms with E-state index in [4.69, 9.17) is 23.7 Å². The fourth-order valence-electron chi connectivity index (χ4n) is 6.29. The maximum absolute atomic E-state index is 11.9. The minimum absolute atomic E-state index is 0. The molecule has 4 rings (SSSR count). The average Bonchev–Trinajstić information content (AvgIpc) is 2.95. The van der Waals surface area contributed by atoms with Gasteiger partial charge in [-0.05, 0) is 32.1 Å². The summed E-state index contributed by atoms with van der Waals surface area (Å²) in [7, 11) is 0. The molecule has 0 amide bonds. The van der Waals surface area contributed by atoms with Gasteiger partial charge < -0.3 is 64.2 Å². The fraction of sp³-hybridized carbons (Fsp3) is 0.963. The number of aliphatic hydroxyl groups excluding tert-OH is 6. The number of carboxylic acids is 1. The zero-order valence-electron chi connectivity index (χ0n) is 23.9. The van der Waals surface area contributed by atoms with E-state index in [1.165, 1.54) is 0 Å². The van der Waals surface area contributed by atoms with Gasteiger partial charge in [-0.3, -0.25) is 0 Å². The molecule has 0 aromatic rings. The predicted molar refractivity (Wildman–Crippen MR) is 133 cm³/mol. The van der Waals surface area contributed by atoms with Crippen LogP contribution in [-0.4, -0.2) is 123 Å². The summed E-state index contributed by atoms with van der Waals surface area (Å²) in [5, 5.41) is 74.2. The molecule has 0 radical (unpaired) electrons. The van der Waals surface area contributed by atoms with Gasteiger partial charge in [-0.15, -0.1) is 0 Å². The van der Waals surface area contributed by atoms with Gasteiger partial charge in [0.15, 0.2) is 12.6 Å². The van der Waals surface area contributed by atoms with E-state index >= 15 is 0 Å². The molecule has 0 bridgehead atoms. The number of hydrogen-bond acceptors (Lipinski definition) is 13. The van der Waals surface area contributed by atoms with Gasteiger partial charge in [-0.1, -0.05) is 44.9 Å². The minimum atomic E-state index is -1.60. The Morgan fingerprint density at radius 2 is 1.37 bits per heavy atom. The van der Waals surface area contributed by atoms with Gasteiger partial charge in [-0.2, -0.15) is 0 Å². The van der Waals surface area contributed by atoms with Gasteiger partial charge in [0, 0.05) is 0 Å². The molecule has 14 heteroatoms. The second kappa shape index (κ2) is 16.4. The van der Waals surface area contributed by atoms with Crippen LogP contribution in [0.25, 0.3) is 0 Å². The Labute approximate surface area is 262 Å². The standard InChI is InChI=1S/C27H46O13.Na/c1-13-19(29)21(31)22(32)26(36-13)38-15-9-5-6-10-16(15)39-27-23(33)24(20(30)18(12-28)40-27)37-17(25(34)35)11-14-7-3-2-4-8-14;/h13-24,26-33H,2-12H2,1H3,(H,34,35);/q;+1/p-1/t13?,15?,16?,17-,18?,19?,20?,21?,22?,23?,24?,26?,27?;/m0./s1. The molecule has 0 spiro atoms. The van der Waals surface area contributed by atoms with Crippen molar-refractivity contribution in [3.05, 3.63) is 0 Å². The predicted octanol–water partition coefficient (Wildman–Crippen LogP) is -4.92. The monoisotopic (exact) mass is 600 g/mol. The molecule has 13 atom stereocenters. The van der Waals surface area contributed by atoms with E-state index in [-0.39, 0.29) is 41.9 Å². The molecule has 0 aromatic heterocycles. The number of aliphatic carboxylic acids is 1. The first-order valence-corrected chi connectivity index (χ1v) is 14.6. The molecular weight excluding hydrogens is 555 g/mol. The Kier molecular flexibility index (Phi) is 14.2. The summed E-state index contributed by atoms with van der Waals surface area (Å²) in [6.07, 6.45) is -8.50. The smallest absolute Gasteiger partial charge is 0.547 e. The molecule has 2 saturated carbocycles. The van der Waals surface area contributed by atoms with E-state index in [1.807, 2.05) is 0 Å². The van der Waals surface area contributed by atoms with Gasteiger partial charge in [0.2, 0.25) is 0 Å². The molecule has 2 heterocycles.